The number of hydrogen-bond donors (Lipinski definition) is 2. The second-order valence-corrected chi connectivity index (χ2v) is 8.78. The van der Waals surface area contributed by atoms with Crippen LogP contribution in [0.4, 0.5) is 0 Å². The predicted molar refractivity (Wildman–Crippen MR) is 126 cm³/mol. The van der Waals surface area contributed by atoms with Gasteiger partial charge < -0.3 is 20.5 Å². The van der Waals surface area contributed by atoms with Gasteiger partial charge >= 0.3 is 0 Å². The molecule has 1 aliphatic carbocycles. The van der Waals surface area contributed by atoms with E-state index in [-0.39, 0.29) is 18.6 Å². The van der Waals surface area contributed by atoms with E-state index in [9.17, 15) is 14.7 Å². The van der Waals surface area contributed by atoms with Gasteiger partial charge in [-0.25, -0.2) is 0 Å². The van der Waals surface area contributed by atoms with Crippen LogP contribution in [0.2, 0.25) is 5.02 Å². The van der Waals surface area contributed by atoms with Crippen molar-refractivity contribution < 1.29 is 19.4 Å². The third kappa shape index (κ3) is 3.91. The number of rotatable bonds is 4. The molecule has 0 spiro atoms. The average molecular weight is 463 g/mol. The summed E-state index contributed by atoms with van der Waals surface area (Å²) in [7, 11) is 0. The third-order valence-corrected chi connectivity index (χ3v) is 6.67. The molecule has 1 aliphatic heterocycles. The topological polar surface area (TPSA) is 92.9 Å². The summed E-state index contributed by atoms with van der Waals surface area (Å²) in [6, 6.07) is 16.9. The summed E-state index contributed by atoms with van der Waals surface area (Å²) in [4.78, 5) is 27.2. The van der Waals surface area contributed by atoms with E-state index in [1.165, 1.54) is 0 Å². The maximum Gasteiger partial charge on any atom is 0.254 e. The number of ether oxygens (including phenoxy) is 1. The molecule has 2 amide bonds. The molecule has 0 aromatic heterocycles. The van der Waals surface area contributed by atoms with E-state index in [4.69, 9.17) is 22.1 Å². The Balaban J connectivity index is 1.58. The number of aliphatic hydroxyl groups excluding tert-OH is 1. The first-order valence-corrected chi connectivity index (χ1v) is 11.2. The number of nitrogens with two attached hydrogens (primary N) is 1. The molecule has 5 rings (SSSR count). The zero-order valence-electron chi connectivity index (χ0n) is 17.9. The van der Waals surface area contributed by atoms with E-state index in [1.807, 2.05) is 42.5 Å². The number of amides is 2. The van der Waals surface area contributed by atoms with E-state index in [0.717, 1.165) is 33.4 Å². The van der Waals surface area contributed by atoms with Crippen LogP contribution >= 0.6 is 11.6 Å². The quantitative estimate of drug-likeness (QED) is 0.485. The van der Waals surface area contributed by atoms with Gasteiger partial charge in [-0.1, -0.05) is 35.9 Å². The molecule has 0 saturated carbocycles. The van der Waals surface area contributed by atoms with Gasteiger partial charge in [-0.3, -0.25) is 9.59 Å². The molecule has 1 atom stereocenters. The summed E-state index contributed by atoms with van der Waals surface area (Å²) in [6.07, 6.45) is 0.207. The van der Waals surface area contributed by atoms with Crippen LogP contribution in [-0.2, 0) is 11.2 Å². The summed E-state index contributed by atoms with van der Waals surface area (Å²) in [6.45, 7) is 1.10. The van der Waals surface area contributed by atoms with Crippen molar-refractivity contribution in [2.75, 3.05) is 26.3 Å². The van der Waals surface area contributed by atoms with Crippen LogP contribution in [0.3, 0.4) is 0 Å². The van der Waals surface area contributed by atoms with Gasteiger partial charge in [-0.05, 0) is 64.6 Å². The van der Waals surface area contributed by atoms with Gasteiger partial charge in [0.15, 0.2) is 0 Å². The zero-order chi connectivity index (χ0) is 23.1. The first-order chi connectivity index (χ1) is 16.0. The van der Waals surface area contributed by atoms with E-state index < -0.39 is 5.91 Å². The van der Waals surface area contributed by atoms with Crippen molar-refractivity contribution in [1.29, 1.82) is 0 Å². The molecule has 7 heteroatoms. The summed E-state index contributed by atoms with van der Waals surface area (Å²) in [5.74, 6) is -0.599. The molecule has 3 aromatic rings. The van der Waals surface area contributed by atoms with Crippen LogP contribution < -0.4 is 5.73 Å². The molecule has 0 radical (unpaired) electrons. The van der Waals surface area contributed by atoms with Gasteiger partial charge in [-0.2, -0.15) is 0 Å². The van der Waals surface area contributed by atoms with Crippen LogP contribution in [0.15, 0.2) is 54.6 Å². The SMILES string of the molecule is NC(=O)c1cc(-c2ccccc2Cl)cc2c1Cc1ccc(C(=O)N3CCOC(CO)C3)cc1-2. The molecule has 33 heavy (non-hydrogen) atoms. The second-order valence-electron chi connectivity index (χ2n) is 8.37. The largest absolute Gasteiger partial charge is 0.394 e. The van der Waals surface area contributed by atoms with Crippen LogP contribution in [-0.4, -0.2) is 54.2 Å². The monoisotopic (exact) mass is 462 g/mol. The fraction of sp³-hybridized carbons (Fsp3) is 0.231. The average Bonchev–Trinajstić information content (AvgIpc) is 3.21. The number of hydrogen-bond acceptors (Lipinski definition) is 4. The van der Waals surface area contributed by atoms with Crippen molar-refractivity contribution in [3.8, 4) is 22.3 Å². The first-order valence-electron chi connectivity index (χ1n) is 10.8. The fourth-order valence-electron chi connectivity index (χ4n) is 4.68. The van der Waals surface area contributed by atoms with Crippen molar-refractivity contribution in [2.45, 2.75) is 12.5 Å². The van der Waals surface area contributed by atoms with Gasteiger partial charge in [-0.15, -0.1) is 0 Å². The molecule has 3 aromatic carbocycles. The van der Waals surface area contributed by atoms with Crippen molar-refractivity contribution in [3.05, 3.63) is 81.9 Å². The van der Waals surface area contributed by atoms with Gasteiger partial charge in [0.25, 0.3) is 5.91 Å². The Morgan fingerprint density at radius 1 is 1.09 bits per heavy atom. The number of morpholine rings is 1. The molecule has 168 valence electrons. The predicted octanol–water partition coefficient (Wildman–Crippen LogP) is 3.51. The Morgan fingerprint density at radius 2 is 1.91 bits per heavy atom. The molecular weight excluding hydrogens is 440 g/mol. The highest BCUT2D eigenvalue weighted by Gasteiger charge is 2.28. The Labute approximate surface area is 196 Å². The summed E-state index contributed by atoms with van der Waals surface area (Å²) >= 11 is 6.42. The summed E-state index contributed by atoms with van der Waals surface area (Å²) < 4.78 is 5.47. The van der Waals surface area contributed by atoms with Crippen molar-refractivity contribution in [1.82, 2.24) is 4.90 Å². The van der Waals surface area contributed by atoms with Gasteiger partial charge in [0.05, 0.1) is 19.3 Å². The lowest BCUT2D eigenvalue weighted by Crippen LogP contribution is -2.46. The molecule has 1 fully saturated rings. The molecule has 0 bridgehead atoms. The Morgan fingerprint density at radius 3 is 2.67 bits per heavy atom. The van der Waals surface area contributed by atoms with Crippen LogP contribution in [0.25, 0.3) is 22.3 Å². The number of benzene rings is 3. The highest BCUT2D eigenvalue weighted by atomic mass is 35.5. The molecule has 1 unspecified atom stereocenters. The normalized spacial score (nSPS) is 16.9. The number of aliphatic hydroxyl groups is 1. The highest BCUT2D eigenvalue weighted by Crippen LogP contribution is 2.42. The minimum absolute atomic E-state index is 0.106. The lowest BCUT2D eigenvalue weighted by Gasteiger charge is -2.32. The number of primary amides is 1. The number of halogens is 1. The number of carbonyl (C=O) groups is 2. The zero-order valence-corrected chi connectivity index (χ0v) is 18.6. The number of fused-ring (bicyclic) bond motifs is 3. The van der Waals surface area contributed by atoms with Gasteiger partial charge in [0.2, 0.25) is 5.91 Å². The molecular formula is C26H23ClN2O4. The molecule has 1 saturated heterocycles. The maximum absolute atomic E-state index is 13.2. The Kier molecular flexibility index (Phi) is 5.66. The second kappa shape index (κ2) is 8.63. The van der Waals surface area contributed by atoms with Crippen molar-refractivity contribution in [2.24, 2.45) is 5.73 Å². The van der Waals surface area contributed by atoms with Gasteiger partial charge in [0, 0.05) is 34.8 Å². The minimum atomic E-state index is -0.493. The third-order valence-electron chi connectivity index (χ3n) is 6.34. The number of carbonyl (C=O) groups excluding carboxylic acids is 2. The first kappa shape index (κ1) is 21.6. The smallest absolute Gasteiger partial charge is 0.254 e. The lowest BCUT2D eigenvalue weighted by molar-refractivity contribution is -0.0447. The Hall–Kier alpha value is -3.19. The van der Waals surface area contributed by atoms with E-state index >= 15 is 0 Å². The highest BCUT2D eigenvalue weighted by molar-refractivity contribution is 6.33. The molecule has 1 heterocycles. The standard InChI is InChI=1S/C26H23ClN2O4/c27-24-4-2-1-3-19(24)17-11-21-20-10-16(26(32)29-7-8-33-18(13-29)14-30)6-5-15(20)9-22(21)23(12-17)25(28)31/h1-6,10-12,18,30H,7-9,13-14H2,(H2,28,31). The Bertz CT molecular complexity index is 1270. The van der Waals surface area contributed by atoms with Gasteiger partial charge in [0.1, 0.15) is 0 Å². The van der Waals surface area contributed by atoms with Crippen LogP contribution in [0.1, 0.15) is 31.8 Å². The lowest BCUT2D eigenvalue weighted by atomic mass is 9.93. The van der Waals surface area contributed by atoms with E-state index in [0.29, 0.717) is 42.3 Å². The summed E-state index contributed by atoms with van der Waals surface area (Å²) in [5.41, 5.74) is 12.1. The fourth-order valence-corrected chi connectivity index (χ4v) is 4.92. The van der Waals surface area contributed by atoms with Crippen molar-refractivity contribution in [3.63, 3.8) is 0 Å². The van der Waals surface area contributed by atoms with Crippen LogP contribution in [0, 0.1) is 0 Å². The number of nitrogens with zero attached hydrogens (tertiary/aromatic N) is 1. The summed E-state index contributed by atoms with van der Waals surface area (Å²) in [5, 5.41) is 9.98. The maximum atomic E-state index is 13.2. The van der Waals surface area contributed by atoms with E-state index in [2.05, 4.69) is 0 Å². The van der Waals surface area contributed by atoms with Crippen LogP contribution in [0.5, 0.6) is 0 Å². The molecule has 2 aliphatic rings. The van der Waals surface area contributed by atoms with Crippen molar-refractivity contribution >= 4 is 23.4 Å². The molecule has 3 N–H and O–H groups in total. The van der Waals surface area contributed by atoms with E-state index in [1.54, 1.807) is 17.0 Å². The molecule has 6 nitrogen and oxygen atoms in total. The minimum Gasteiger partial charge on any atom is -0.394 e.